The van der Waals surface area contributed by atoms with Gasteiger partial charge in [-0.05, 0) is 44.4 Å². The molecule has 0 spiro atoms. The number of nitrogens with zero attached hydrogens (tertiary/aromatic N) is 2. The van der Waals surface area contributed by atoms with Crippen molar-refractivity contribution in [3.63, 3.8) is 0 Å². The van der Waals surface area contributed by atoms with Crippen LogP contribution in [0.3, 0.4) is 0 Å². The van der Waals surface area contributed by atoms with Gasteiger partial charge in [0.25, 0.3) is 0 Å². The van der Waals surface area contributed by atoms with Crippen LogP contribution in [0.15, 0.2) is 44.6 Å². The van der Waals surface area contributed by atoms with Crippen LogP contribution in [0.2, 0.25) is 0 Å². The maximum absolute atomic E-state index is 5.81. The molecule has 3 rings (SSSR count). The minimum absolute atomic E-state index is 0.231. The Kier molecular flexibility index (Phi) is 6.77. The largest absolute Gasteiger partial charge is 0.469 e. The number of hydrogen-bond acceptors (Lipinski definition) is 4. The standard InChI is InChI=1S/C20H29N3O3/c1-16-17(9-13-24-16)15-23(2)20(21-10-8-18-7-5-12-25-18)22-14-19-6-3-4-11-26-19/h5,7,9,12-13,19H,3-4,6,8,10-11,14-15H2,1-2H3,(H,21,22). The number of hydrogen-bond donors (Lipinski definition) is 1. The Labute approximate surface area is 155 Å². The normalized spacial score (nSPS) is 18.1. The number of ether oxygens (including phenoxy) is 1. The third-order valence-corrected chi connectivity index (χ3v) is 4.69. The van der Waals surface area contributed by atoms with E-state index in [4.69, 9.17) is 18.6 Å². The fourth-order valence-corrected chi connectivity index (χ4v) is 3.11. The SMILES string of the molecule is Cc1occc1CN(C)C(=NCC1CCCCO1)NCCc1ccco1. The molecule has 2 aromatic heterocycles. The van der Waals surface area contributed by atoms with Gasteiger partial charge in [0, 0.05) is 38.7 Å². The fourth-order valence-electron chi connectivity index (χ4n) is 3.11. The van der Waals surface area contributed by atoms with E-state index < -0.39 is 0 Å². The minimum atomic E-state index is 0.231. The van der Waals surface area contributed by atoms with Crippen molar-refractivity contribution in [3.8, 4) is 0 Å². The number of nitrogens with one attached hydrogen (secondary N) is 1. The lowest BCUT2D eigenvalue weighted by atomic mass is 10.1. The van der Waals surface area contributed by atoms with Gasteiger partial charge in [0.15, 0.2) is 5.96 Å². The highest BCUT2D eigenvalue weighted by atomic mass is 16.5. The van der Waals surface area contributed by atoms with Crippen LogP contribution in [-0.2, 0) is 17.7 Å². The molecule has 0 aromatic carbocycles. The molecule has 1 atom stereocenters. The van der Waals surface area contributed by atoms with Gasteiger partial charge in [-0.2, -0.15) is 0 Å². The summed E-state index contributed by atoms with van der Waals surface area (Å²) >= 11 is 0. The zero-order valence-electron chi connectivity index (χ0n) is 15.7. The summed E-state index contributed by atoms with van der Waals surface area (Å²) in [6.45, 7) is 5.05. The van der Waals surface area contributed by atoms with Gasteiger partial charge in [-0.25, -0.2) is 0 Å². The second-order valence-corrected chi connectivity index (χ2v) is 6.77. The molecule has 6 nitrogen and oxygen atoms in total. The lowest BCUT2D eigenvalue weighted by molar-refractivity contribution is 0.0223. The summed E-state index contributed by atoms with van der Waals surface area (Å²) in [5.74, 6) is 2.80. The van der Waals surface area contributed by atoms with Crippen molar-refractivity contribution in [1.82, 2.24) is 10.2 Å². The number of furan rings is 2. The van der Waals surface area contributed by atoms with Gasteiger partial charge < -0.3 is 23.8 Å². The van der Waals surface area contributed by atoms with Crippen molar-refractivity contribution in [3.05, 3.63) is 47.8 Å². The van der Waals surface area contributed by atoms with Crippen molar-refractivity contribution >= 4 is 5.96 Å². The highest BCUT2D eigenvalue weighted by Crippen LogP contribution is 2.14. The Hall–Kier alpha value is -2.21. The summed E-state index contributed by atoms with van der Waals surface area (Å²) in [6, 6.07) is 5.92. The molecule has 0 radical (unpaired) electrons. The number of guanidine groups is 1. The summed E-state index contributed by atoms with van der Waals surface area (Å²) in [5.41, 5.74) is 1.17. The van der Waals surface area contributed by atoms with Gasteiger partial charge in [-0.1, -0.05) is 0 Å². The van der Waals surface area contributed by atoms with Gasteiger partial charge >= 0.3 is 0 Å². The molecule has 0 bridgehead atoms. The van der Waals surface area contributed by atoms with Crippen molar-refractivity contribution in [1.29, 1.82) is 0 Å². The molecule has 142 valence electrons. The third-order valence-electron chi connectivity index (χ3n) is 4.69. The van der Waals surface area contributed by atoms with Crippen LogP contribution in [0.25, 0.3) is 0 Å². The summed E-state index contributed by atoms with van der Waals surface area (Å²) in [7, 11) is 2.05. The van der Waals surface area contributed by atoms with E-state index >= 15 is 0 Å². The van der Waals surface area contributed by atoms with Gasteiger partial charge in [0.2, 0.25) is 0 Å². The van der Waals surface area contributed by atoms with Crippen LogP contribution in [0, 0.1) is 6.92 Å². The number of aliphatic imine (C=N–C) groups is 1. The first-order chi connectivity index (χ1) is 12.7. The van der Waals surface area contributed by atoms with Crippen molar-refractivity contribution < 1.29 is 13.6 Å². The number of aryl methyl sites for hydroxylation is 1. The van der Waals surface area contributed by atoms with Crippen molar-refractivity contribution in [2.45, 2.75) is 45.3 Å². The highest BCUT2D eigenvalue weighted by Gasteiger charge is 2.15. The predicted molar refractivity (Wildman–Crippen MR) is 101 cm³/mol. The first kappa shape index (κ1) is 18.6. The molecule has 1 fully saturated rings. The molecular formula is C20H29N3O3. The topological polar surface area (TPSA) is 63.1 Å². The Morgan fingerprint density at radius 2 is 2.19 bits per heavy atom. The molecule has 1 aliphatic heterocycles. The van der Waals surface area contributed by atoms with Crippen LogP contribution >= 0.6 is 0 Å². The van der Waals surface area contributed by atoms with Gasteiger partial charge in [-0.3, -0.25) is 4.99 Å². The second kappa shape index (κ2) is 9.48. The lowest BCUT2D eigenvalue weighted by Gasteiger charge is -2.25. The van der Waals surface area contributed by atoms with E-state index in [2.05, 4.69) is 10.2 Å². The van der Waals surface area contributed by atoms with E-state index in [0.717, 1.165) is 56.4 Å². The quantitative estimate of drug-likeness (QED) is 0.607. The Morgan fingerprint density at radius 3 is 2.88 bits per heavy atom. The zero-order valence-corrected chi connectivity index (χ0v) is 15.7. The average Bonchev–Trinajstić information content (AvgIpc) is 3.31. The Balaban J connectivity index is 1.59. The van der Waals surface area contributed by atoms with Crippen LogP contribution in [0.1, 0.15) is 36.3 Å². The minimum Gasteiger partial charge on any atom is -0.469 e. The molecule has 0 saturated carbocycles. The smallest absolute Gasteiger partial charge is 0.194 e. The van der Waals surface area contributed by atoms with E-state index in [0.29, 0.717) is 6.54 Å². The van der Waals surface area contributed by atoms with Gasteiger partial charge in [-0.15, -0.1) is 0 Å². The average molecular weight is 359 g/mol. The molecule has 1 unspecified atom stereocenters. The van der Waals surface area contributed by atoms with Crippen LogP contribution in [0.5, 0.6) is 0 Å². The number of rotatable bonds is 7. The molecule has 26 heavy (non-hydrogen) atoms. The molecule has 1 saturated heterocycles. The summed E-state index contributed by atoms with van der Waals surface area (Å²) in [6.07, 6.45) is 7.97. The van der Waals surface area contributed by atoms with Gasteiger partial charge in [0.05, 0.1) is 25.2 Å². The van der Waals surface area contributed by atoms with Crippen LogP contribution in [-0.4, -0.2) is 43.7 Å². The predicted octanol–water partition coefficient (Wildman–Crippen LogP) is 3.37. The molecule has 3 heterocycles. The Morgan fingerprint density at radius 1 is 1.27 bits per heavy atom. The highest BCUT2D eigenvalue weighted by molar-refractivity contribution is 5.79. The van der Waals surface area contributed by atoms with E-state index in [1.54, 1.807) is 12.5 Å². The first-order valence-corrected chi connectivity index (χ1v) is 9.39. The first-order valence-electron chi connectivity index (χ1n) is 9.39. The van der Waals surface area contributed by atoms with E-state index in [1.807, 2.05) is 32.2 Å². The van der Waals surface area contributed by atoms with Crippen molar-refractivity contribution in [2.24, 2.45) is 4.99 Å². The summed E-state index contributed by atoms with van der Waals surface area (Å²) in [4.78, 5) is 6.95. The second-order valence-electron chi connectivity index (χ2n) is 6.77. The molecule has 6 heteroatoms. The van der Waals surface area contributed by atoms with Gasteiger partial charge in [0.1, 0.15) is 11.5 Å². The molecular weight excluding hydrogens is 330 g/mol. The summed E-state index contributed by atoms with van der Waals surface area (Å²) < 4.78 is 16.6. The maximum atomic E-state index is 5.81. The molecule has 0 aliphatic carbocycles. The van der Waals surface area contributed by atoms with E-state index in [-0.39, 0.29) is 6.10 Å². The molecule has 1 N–H and O–H groups in total. The molecule has 2 aromatic rings. The maximum Gasteiger partial charge on any atom is 0.194 e. The zero-order chi connectivity index (χ0) is 18.2. The summed E-state index contributed by atoms with van der Waals surface area (Å²) in [5, 5.41) is 3.46. The lowest BCUT2D eigenvalue weighted by Crippen LogP contribution is -2.40. The van der Waals surface area contributed by atoms with Crippen LogP contribution in [0.4, 0.5) is 0 Å². The van der Waals surface area contributed by atoms with E-state index in [9.17, 15) is 0 Å². The Bertz CT molecular complexity index is 672. The monoisotopic (exact) mass is 359 g/mol. The third kappa shape index (κ3) is 5.39. The van der Waals surface area contributed by atoms with E-state index in [1.165, 1.54) is 12.0 Å². The van der Waals surface area contributed by atoms with Crippen molar-refractivity contribution in [2.75, 3.05) is 26.7 Å². The molecule has 1 aliphatic rings. The van der Waals surface area contributed by atoms with Crippen LogP contribution < -0.4 is 5.32 Å². The fraction of sp³-hybridized carbons (Fsp3) is 0.550. The molecule has 0 amide bonds.